The van der Waals surface area contributed by atoms with Gasteiger partial charge in [-0.2, -0.15) is 5.10 Å². The van der Waals surface area contributed by atoms with Crippen LogP contribution in [0.5, 0.6) is 11.5 Å². The quantitative estimate of drug-likeness (QED) is 0.152. The van der Waals surface area contributed by atoms with Crippen LogP contribution in [0.4, 0.5) is 0 Å². The third kappa shape index (κ3) is 6.28. The molecule has 12 rings (SSSR count). The molecule has 302 valence electrons. The molecular formula is C55H36N6OPt. The number of ether oxygens (including phenoxy) is 1. The summed E-state index contributed by atoms with van der Waals surface area (Å²) in [4.78, 5) is 5.00. The van der Waals surface area contributed by atoms with Gasteiger partial charge in [-0.05, 0) is 12.1 Å². The van der Waals surface area contributed by atoms with Crippen LogP contribution >= 0.6 is 0 Å². The van der Waals surface area contributed by atoms with Crippen molar-refractivity contribution in [2.24, 2.45) is 0 Å². The van der Waals surface area contributed by atoms with E-state index in [4.69, 9.17) is 9.72 Å². The van der Waals surface area contributed by atoms with Crippen LogP contribution in [0.25, 0.3) is 88.9 Å². The molecule has 4 heterocycles. The Morgan fingerprint density at radius 2 is 1.03 bits per heavy atom. The predicted octanol–water partition coefficient (Wildman–Crippen LogP) is 13.5. The fourth-order valence-electron chi connectivity index (χ4n) is 8.95. The molecule has 63 heavy (non-hydrogen) atoms. The molecule has 8 heteroatoms. The monoisotopic (exact) mass is 991 g/mol. The molecule has 4 aromatic heterocycles. The summed E-state index contributed by atoms with van der Waals surface area (Å²) in [5, 5.41) is 8.01. The van der Waals surface area contributed by atoms with Gasteiger partial charge in [0.1, 0.15) is 0 Å². The average molecular weight is 992 g/mol. The number of rotatable bonds is 8. The zero-order chi connectivity index (χ0) is 41.9. The average Bonchev–Trinajstić information content (AvgIpc) is 4.01. The SMILES string of the molecule is [Pt]=[c]1n(-c2cccc(Oc3ccc4c5ccccc5n(-c5ccc(-n6ncc7ccccc76)cn5)c4c3)c2)c2ccccc2n1-c1c(-c2ccccc2)cccc1-c1ccccc1. The minimum atomic E-state index is 0.731. The van der Waals surface area contributed by atoms with Crippen LogP contribution in [0.15, 0.2) is 219 Å². The number of para-hydroxylation sites is 5. The van der Waals surface area contributed by atoms with E-state index in [1.54, 1.807) is 0 Å². The summed E-state index contributed by atoms with van der Waals surface area (Å²) in [6.45, 7) is 0. The molecule has 0 amide bonds. The first-order valence-corrected chi connectivity index (χ1v) is 21.9. The van der Waals surface area contributed by atoms with Gasteiger partial charge in [0.25, 0.3) is 0 Å². The van der Waals surface area contributed by atoms with Crippen LogP contribution in [0.1, 0.15) is 0 Å². The van der Waals surface area contributed by atoms with Gasteiger partial charge in [-0.3, -0.25) is 0 Å². The van der Waals surface area contributed by atoms with Crippen molar-refractivity contribution in [2.45, 2.75) is 0 Å². The summed E-state index contributed by atoms with van der Waals surface area (Å²) in [6.07, 6.45) is 3.78. The number of benzene rings is 8. The molecule has 7 nitrogen and oxygen atoms in total. The molecule has 0 fully saturated rings. The molecule has 0 spiro atoms. The second kappa shape index (κ2) is 15.2. The van der Waals surface area contributed by atoms with Gasteiger partial charge >= 0.3 is 294 Å². The Balaban J connectivity index is 0.954. The molecule has 0 N–H and O–H groups in total. The molecule has 0 bridgehead atoms. The van der Waals surface area contributed by atoms with Gasteiger partial charge in [0.05, 0.1) is 23.6 Å². The molecule has 0 unspecified atom stereocenters. The van der Waals surface area contributed by atoms with Crippen molar-refractivity contribution >= 4 is 43.7 Å². The summed E-state index contributed by atoms with van der Waals surface area (Å²) in [5.74, 6) is 2.28. The van der Waals surface area contributed by atoms with E-state index in [0.29, 0.717) is 0 Å². The van der Waals surface area contributed by atoms with Crippen molar-refractivity contribution in [1.29, 1.82) is 0 Å². The first kappa shape index (κ1) is 36.9. The third-order valence-electron chi connectivity index (χ3n) is 11.8. The van der Waals surface area contributed by atoms with Crippen molar-refractivity contribution in [2.75, 3.05) is 0 Å². The van der Waals surface area contributed by atoms with Gasteiger partial charge in [0.2, 0.25) is 0 Å². The molecule has 0 aliphatic rings. The second-order valence-electron chi connectivity index (χ2n) is 15.5. The van der Waals surface area contributed by atoms with Crippen molar-refractivity contribution < 1.29 is 24.1 Å². The molecule has 0 aliphatic carbocycles. The zero-order valence-corrected chi connectivity index (χ0v) is 36.0. The first-order valence-electron chi connectivity index (χ1n) is 20.8. The normalized spacial score (nSPS) is 11.6. The predicted molar refractivity (Wildman–Crippen MR) is 250 cm³/mol. The maximum absolute atomic E-state index is 6.77. The molecule has 12 aromatic rings. The molecule has 0 radical (unpaired) electrons. The summed E-state index contributed by atoms with van der Waals surface area (Å²) in [7, 11) is 0. The topological polar surface area (TPSA) is 54.7 Å². The first-order chi connectivity index (χ1) is 31.2. The molecule has 0 aliphatic heterocycles. The fraction of sp³-hybridized carbons (Fsp3) is 0. The Kier molecular flexibility index (Phi) is 8.94. The number of fused-ring (bicyclic) bond motifs is 5. The van der Waals surface area contributed by atoms with Crippen LogP contribution in [0.2, 0.25) is 0 Å². The number of pyridine rings is 1. The molecule has 0 saturated carbocycles. The summed E-state index contributed by atoms with van der Waals surface area (Å²) < 4.78 is 16.7. The third-order valence-corrected chi connectivity index (χ3v) is 12.8. The van der Waals surface area contributed by atoms with Crippen LogP contribution in [0.3, 0.4) is 0 Å². The van der Waals surface area contributed by atoms with Crippen LogP contribution in [-0.2, 0) is 19.4 Å². The number of hydrogen-bond donors (Lipinski definition) is 0. The molecule has 0 atom stereocenters. The summed E-state index contributed by atoms with van der Waals surface area (Å²) >= 11 is 2.49. The van der Waals surface area contributed by atoms with Gasteiger partial charge in [-0.15, -0.1) is 0 Å². The van der Waals surface area contributed by atoms with Crippen LogP contribution in [0, 0.1) is 3.80 Å². The Morgan fingerprint density at radius 1 is 0.413 bits per heavy atom. The van der Waals surface area contributed by atoms with Gasteiger partial charge in [0, 0.05) is 5.39 Å². The maximum atomic E-state index is 6.77. The Morgan fingerprint density at radius 3 is 1.76 bits per heavy atom. The standard InChI is InChI=1S/C55H36N6O.Pt/c1-3-15-38(16-4-1)45-23-14-24-46(39-17-5-2-6-18-39)55(45)59-37-58(51-27-11-12-28-52(51)59)41-20-13-21-43(33-41)62-44-30-31-48-47-22-8-10-26-50(47)60(53(48)34-44)54-32-29-42(36-56-54)61-49-25-9-7-19-40(49)35-57-61;/h1-36H;. The van der Waals surface area contributed by atoms with E-state index < -0.39 is 0 Å². The van der Waals surface area contributed by atoms with Crippen molar-refractivity contribution in [3.63, 3.8) is 0 Å². The van der Waals surface area contributed by atoms with Gasteiger partial charge < -0.3 is 0 Å². The van der Waals surface area contributed by atoms with E-state index >= 15 is 0 Å². The number of nitrogens with zero attached hydrogens (tertiary/aromatic N) is 6. The van der Waals surface area contributed by atoms with E-state index in [-0.39, 0.29) is 0 Å². The van der Waals surface area contributed by atoms with Crippen molar-refractivity contribution in [3.05, 3.63) is 222 Å². The summed E-state index contributed by atoms with van der Waals surface area (Å²) in [6, 6.07) is 72.1. The van der Waals surface area contributed by atoms with Crippen LogP contribution in [-0.4, -0.2) is 28.5 Å². The Bertz CT molecular complexity index is 3680. The van der Waals surface area contributed by atoms with E-state index in [2.05, 4.69) is 226 Å². The Labute approximate surface area is 373 Å². The minimum absolute atomic E-state index is 0.731. The number of aromatic nitrogens is 6. The van der Waals surface area contributed by atoms with E-state index in [1.807, 2.05) is 35.3 Å². The molecule has 0 saturated heterocycles. The van der Waals surface area contributed by atoms with Crippen LogP contribution < -0.4 is 4.74 Å². The second-order valence-corrected chi connectivity index (χ2v) is 16.5. The fourth-order valence-corrected chi connectivity index (χ4v) is 10.0. The molecular weight excluding hydrogens is 956 g/mol. The summed E-state index contributed by atoms with van der Waals surface area (Å²) in [5.41, 5.74) is 13.0. The van der Waals surface area contributed by atoms with Gasteiger partial charge in [-0.25, -0.2) is 4.68 Å². The van der Waals surface area contributed by atoms with E-state index in [9.17, 15) is 0 Å². The Hall–Kier alpha value is -7.86. The van der Waals surface area contributed by atoms with E-state index in [0.717, 1.165) is 104 Å². The van der Waals surface area contributed by atoms with Crippen molar-refractivity contribution in [3.8, 4) is 56.6 Å². The van der Waals surface area contributed by atoms with Gasteiger partial charge in [-0.1, -0.05) is 30.3 Å². The molecule has 8 aromatic carbocycles. The zero-order valence-electron chi connectivity index (χ0n) is 33.7. The number of imidazole rings is 1. The van der Waals surface area contributed by atoms with Gasteiger partial charge in [0.15, 0.2) is 0 Å². The van der Waals surface area contributed by atoms with E-state index in [1.165, 1.54) is 0 Å². The number of hydrogen-bond acceptors (Lipinski definition) is 3. The van der Waals surface area contributed by atoms with Crippen molar-refractivity contribution in [1.82, 2.24) is 28.5 Å².